The molecule has 0 unspecified atom stereocenters. The van der Waals surface area contributed by atoms with E-state index in [9.17, 15) is 0 Å². The average molecular weight is 803 g/mol. The largest absolute Gasteiger partial charge is 2.00 e. The van der Waals surface area contributed by atoms with Crippen molar-refractivity contribution in [3.63, 3.8) is 0 Å². The fourth-order valence-corrected chi connectivity index (χ4v) is 6.80. The second kappa shape index (κ2) is 12.5. The van der Waals surface area contributed by atoms with E-state index in [2.05, 4.69) is 151 Å². The van der Waals surface area contributed by atoms with Gasteiger partial charge in [-0.2, -0.15) is 0 Å². The van der Waals surface area contributed by atoms with Gasteiger partial charge < -0.3 is 15.2 Å². The molecule has 0 N–H and O–H groups in total. The summed E-state index contributed by atoms with van der Waals surface area (Å²) < 4.78 is 0. The number of benzene rings is 4. The number of rotatable bonds is 3. The maximum Gasteiger partial charge on any atom is 2.00 e. The molecule has 6 heteroatoms. The minimum atomic E-state index is -0.614. The molecule has 48 heavy (non-hydrogen) atoms. The molecule has 0 fully saturated rings. The van der Waals surface area contributed by atoms with Crippen LogP contribution in [0.4, 0.5) is 0 Å². The number of para-hydroxylation sites is 2. The van der Waals surface area contributed by atoms with Crippen LogP contribution in [0.15, 0.2) is 146 Å². The maximum absolute atomic E-state index is 5.22. The second-order valence-corrected chi connectivity index (χ2v) is 13.0. The third-order valence-electron chi connectivity index (χ3n) is 9.04. The third kappa shape index (κ3) is 5.19. The number of hydrogen-bond acceptors (Lipinski definition) is 3. The van der Waals surface area contributed by atoms with Crippen molar-refractivity contribution in [3.05, 3.63) is 174 Å². The number of nitrogens with zero attached hydrogens (tertiary/aromatic N) is 5. The van der Waals surface area contributed by atoms with Crippen molar-refractivity contribution in [2.45, 2.75) is 31.6 Å². The summed E-state index contributed by atoms with van der Waals surface area (Å²) in [5, 5.41) is 11.4. The fourth-order valence-electron chi connectivity index (χ4n) is 6.80. The van der Waals surface area contributed by atoms with Gasteiger partial charge in [0.2, 0.25) is 0 Å². The zero-order valence-corrected chi connectivity index (χ0v) is 29.2. The Morgan fingerprint density at radius 2 is 1.15 bits per heavy atom. The van der Waals surface area contributed by atoms with Crippen LogP contribution in [0.5, 0.6) is 0 Å². The summed E-state index contributed by atoms with van der Waals surface area (Å²) in [4.78, 5) is 14.6. The number of pyridine rings is 2. The van der Waals surface area contributed by atoms with Gasteiger partial charge in [0.25, 0.3) is 0 Å². The molecule has 1 aliphatic carbocycles. The van der Waals surface area contributed by atoms with Crippen LogP contribution in [0.1, 0.15) is 49.0 Å². The monoisotopic (exact) mass is 802 g/mol. The van der Waals surface area contributed by atoms with Crippen molar-refractivity contribution in [3.8, 4) is 22.5 Å². The molecule has 4 heterocycles. The van der Waals surface area contributed by atoms with E-state index in [1.54, 1.807) is 0 Å². The Bertz CT molecular complexity index is 2270. The molecule has 0 saturated heterocycles. The Morgan fingerprint density at radius 3 is 1.73 bits per heavy atom. The Labute approximate surface area is 294 Å². The third-order valence-corrected chi connectivity index (χ3v) is 9.04. The van der Waals surface area contributed by atoms with Gasteiger partial charge in [-0.25, -0.2) is 0 Å². The van der Waals surface area contributed by atoms with E-state index in [4.69, 9.17) is 9.97 Å². The Kier molecular flexibility index (Phi) is 8.18. The van der Waals surface area contributed by atoms with Crippen molar-refractivity contribution in [1.82, 2.24) is 25.1 Å². The minimum absolute atomic E-state index is 0. The summed E-state index contributed by atoms with van der Waals surface area (Å²) in [7, 11) is 0. The van der Waals surface area contributed by atoms with Gasteiger partial charge in [-0.05, 0) is 57.3 Å². The topological polar surface area (TPSA) is 66.9 Å². The summed E-state index contributed by atoms with van der Waals surface area (Å²) in [6.07, 6.45) is 1.86. The summed E-state index contributed by atoms with van der Waals surface area (Å²) in [5.74, 6) is 0. The van der Waals surface area contributed by atoms with Crippen LogP contribution in [0.25, 0.3) is 44.3 Å². The quantitative estimate of drug-likeness (QED) is 0.178. The molecular weight excluding hydrogens is 770 g/mol. The van der Waals surface area contributed by atoms with Gasteiger partial charge in [-0.1, -0.05) is 142 Å². The summed E-state index contributed by atoms with van der Waals surface area (Å²) >= 11 is 0. The molecule has 1 aliphatic rings. The normalized spacial score (nSPS) is 12.9. The van der Waals surface area contributed by atoms with Gasteiger partial charge in [0.15, 0.2) is 0 Å². The molecule has 0 amide bonds. The van der Waals surface area contributed by atoms with Crippen LogP contribution in [0, 0.1) is 0 Å². The van der Waals surface area contributed by atoms with Gasteiger partial charge in [-0.3, -0.25) is 9.97 Å². The first-order valence-corrected chi connectivity index (χ1v) is 15.9. The molecule has 8 aromatic rings. The zero-order valence-electron chi connectivity index (χ0n) is 26.9. The van der Waals surface area contributed by atoms with Gasteiger partial charge in [0.1, 0.15) is 5.41 Å². The van der Waals surface area contributed by atoms with E-state index < -0.39 is 5.41 Å². The Hall–Kier alpha value is -5.12. The van der Waals surface area contributed by atoms with E-state index in [0.717, 1.165) is 39.5 Å². The maximum atomic E-state index is 5.22. The van der Waals surface area contributed by atoms with Gasteiger partial charge >= 0.3 is 21.1 Å². The first kappa shape index (κ1) is 31.5. The molecule has 0 bridgehead atoms. The predicted molar refractivity (Wildman–Crippen MR) is 189 cm³/mol. The Balaban J connectivity index is 0.000000217. The molecule has 9 rings (SSSR count). The van der Waals surface area contributed by atoms with E-state index in [-0.39, 0.29) is 26.5 Å². The molecule has 4 aromatic carbocycles. The molecular formula is C42H33N5Pt. The van der Waals surface area contributed by atoms with E-state index in [0.29, 0.717) is 0 Å². The van der Waals surface area contributed by atoms with Gasteiger partial charge in [0.05, 0.1) is 11.4 Å². The van der Waals surface area contributed by atoms with Crippen molar-refractivity contribution in [2.24, 2.45) is 0 Å². The van der Waals surface area contributed by atoms with Crippen molar-refractivity contribution < 1.29 is 21.1 Å². The van der Waals surface area contributed by atoms with Crippen LogP contribution < -0.4 is 10.1 Å². The van der Waals surface area contributed by atoms with Crippen LogP contribution in [0.3, 0.4) is 0 Å². The number of hydrogen-bond donors (Lipinski definition) is 0. The van der Waals surface area contributed by atoms with Crippen LogP contribution in [-0.4, -0.2) is 15.1 Å². The van der Waals surface area contributed by atoms with Crippen LogP contribution in [0.2, 0.25) is 0 Å². The standard InChI is InChI=1S/C30H25N4.C12H8N.Pt/c1-29(2,3)28-19-25(33-34-28)24-15-10-17-27(32-24)30(26-16-8-9-18-31-26)22-13-6-4-11-20(22)21-12-5-7-14-23(21)30;1-3-7-11-9(5-1)10-6-2-4-8-12(10)13-11;/h4-19H,1-3H3;1-8H;/q2*-1;+2. The van der Waals surface area contributed by atoms with E-state index in [1.807, 2.05) is 30.5 Å². The molecule has 0 saturated carbocycles. The number of aromatic nitrogens is 5. The van der Waals surface area contributed by atoms with Crippen molar-refractivity contribution in [2.75, 3.05) is 0 Å². The first-order valence-electron chi connectivity index (χ1n) is 15.9. The van der Waals surface area contributed by atoms with Crippen LogP contribution in [-0.2, 0) is 31.9 Å². The van der Waals surface area contributed by atoms with Crippen LogP contribution >= 0.6 is 0 Å². The smallest absolute Gasteiger partial charge is 0.657 e. The average Bonchev–Trinajstić information content (AvgIpc) is 3.83. The molecule has 0 spiro atoms. The fraction of sp³-hybridized carbons (Fsp3) is 0.119. The molecule has 236 valence electrons. The first-order chi connectivity index (χ1) is 22.9. The zero-order chi connectivity index (χ0) is 32.0. The van der Waals surface area contributed by atoms with Gasteiger partial charge in [-0.15, -0.1) is 11.0 Å². The van der Waals surface area contributed by atoms with E-state index >= 15 is 0 Å². The van der Waals surface area contributed by atoms with E-state index in [1.165, 1.54) is 33.0 Å². The predicted octanol–water partition coefficient (Wildman–Crippen LogP) is 9.10. The second-order valence-electron chi connectivity index (χ2n) is 13.0. The molecule has 0 atom stereocenters. The molecule has 0 aliphatic heterocycles. The van der Waals surface area contributed by atoms with Crippen molar-refractivity contribution in [1.29, 1.82) is 0 Å². The summed E-state index contributed by atoms with van der Waals surface area (Å²) in [6, 6.07) is 48.0. The molecule has 5 nitrogen and oxygen atoms in total. The number of fused-ring (bicyclic) bond motifs is 6. The SMILES string of the molecule is CC(C)(C)c1cc(-c2cccc(C3(c4ccccn4)c4ccccc4-c4ccccc43)n2)[n-]n1.[Pt+2].c1ccc2c(c1)[n-]c1ccccc12. The van der Waals surface area contributed by atoms with Gasteiger partial charge in [0, 0.05) is 23.0 Å². The summed E-state index contributed by atoms with van der Waals surface area (Å²) in [6.45, 7) is 6.44. The molecule has 0 radical (unpaired) electrons. The minimum Gasteiger partial charge on any atom is -0.657 e. The summed E-state index contributed by atoms with van der Waals surface area (Å²) in [5.41, 5.74) is 10.8. The van der Waals surface area contributed by atoms with Crippen molar-refractivity contribution >= 4 is 21.8 Å². The Morgan fingerprint density at radius 1 is 0.583 bits per heavy atom. The molecule has 4 aromatic heterocycles.